The van der Waals surface area contributed by atoms with E-state index in [4.69, 9.17) is 5.73 Å². The van der Waals surface area contributed by atoms with Crippen molar-refractivity contribution in [2.24, 2.45) is 5.73 Å². The summed E-state index contributed by atoms with van der Waals surface area (Å²) in [5.41, 5.74) is 8.73. The quantitative estimate of drug-likeness (QED) is 0.396. The summed E-state index contributed by atoms with van der Waals surface area (Å²) < 4.78 is 26.7. The molecule has 2 aromatic carbocycles. The van der Waals surface area contributed by atoms with Gasteiger partial charge in [0.05, 0.1) is 15.8 Å². The lowest BCUT2D eigenvalue weighted by atomic mass is 9.99. The molecule has 4 N–H and O–H groups in total. The third-order valence-electron chi connectivity index (χ3n) is 5.72. The van der Waals surface area contributed by atoms with Crippen LogP contribution in [0.25, 0.3) is 0 Å². The van der Waals surface area contributed by atoms with Crippen LogP contribution in [-0.2, 0) is 22.8 Å². The topological polar surface area (TPSA) is 143 Å². The molecule has 35 heavy (non-hydrogen) atoms. The van der Waals surface area contributed by atoms with Crippen LogP contribution in [-0.4, -0.2) is 53.2 Å². The highest BCUT2D eigenvalue weighted by Gasteiger charge is 2.24. The molecule has 0 fully saturated rings. The van der Waals surface area contributed by atoms with Crippen LogP contribution >= 0.6 is 15.9 Å². The number of carbonyl (C=O) groups is 1. The number of nitrogens with two attached hydrogens (primary N) is 1. The molecule has 12 heteroatoms. The van der Waals surface area contributed by atoms with Crippen molar-refractivity contribution in [3.05, 3.63) is 57.7 Å². The molecule has 1 amide bonds. The molecule has 0 atom stereocenters. The van der Waals surface area contributed by atoms with E-state index in [9.17, 15) is 13.2 Å². The molecule has 0 saturated heterocycles. The summed E-state index contributed by atoms with van der Waals surface area (Å²) in [4.78, 5) is 18.7. The maximum absolute atomic E-state index is 12.8. The second kappa shape index (κ2) is 9.88. The van der Waals surface area contributed by atoms with Crippen molar-refractivity contribution in [3.8, 4) is 0 Å². The first-order chi connectivity index (χ1) is 16.6. The van der Waals surface area contributed by atoms with Crippen molar-refractivity contribution in [2.75, 3.05) is 24.2 Å². The van der Waals surface area contributed by atoms with Crippen LogP contribution in [0, 0.1) is 0 Å². The maximum Gasteiger partial charge on any atom is 0.273 e. The number of anilines is 4. The fraction of sp³-hybridized carbons (Fsp3) is 0.304. The number of carbonyl (C=O) groups excluding carboxylic acids is 1. The molecule has 0 saturated carbocycles. The normalized spacial score (nSPS) is 14.0. The molecule has 2 heterocycles. The minimum absolute atomic E-state index is 0.00170. The van der Waals surface area contributed by atoms with Gasteiger partial charge < -0.3 is 21.3 Å². The van der Waals surface area contributed by atoms with Crippen LogP contribution in [0.3, 0.4) is 0 Å². The lowest BCUT2D eigenvalue weighted by molar-refractivity contribution is 0.0995. The molecule has 184 valence electrons. The van der Waals surface area contributed by atoms with Crippen molar-refractivity contribution in [2.45, 2.75) is 37.0 Å². The SMILES string of the molecule is CC(C)S(=O)(=O)c1ccccc1Nc1nc(Nc2cc(Br)c3c(c2)CN(C)CC3)nnc1C(N)=O. The average molecular weight is 560 g/mol. The summed E-state index contributed by atoms with van der Waals surface area (Å²) in [7, 11) is -1.53. The monoisotopic (exact) mass is 559 g/mol. The molecule has 4 rings (SSSR count). The smallest absolute Gasteiger partial charge is 0.273 e. The number of para-hydroxylation sites is 1. The fourth-order valence-electron chi connectivity index (χ4n) is 3.82. The minimum atomic E-state index is -3.60. The molecule has 0 radical (unpaired) electrons. The van der Waals surface area contributed by atoms with E-state index in [0.717, 1.165) is 29.7 Å². The highest BCUT2D eigenvalue weighted by Crippen LogP contribution is 2.32. The molecule has 0 spiro atoms. The largest absolute Gasteiger partial charge is 0.364 e. The predicted molar refractivity (Wildman–Crippen MR) is 138 cm³/mol. The number of hydrogen-bond donors (Lipinski definition) is 3. The summed E-state index contributed by atoms with van der Waals surface area (Å²) in [6.45, 7) is 5.01. The van der Waals surface area contributed by atoms with Crippen LogP contribution in [0.15, 0.2) is 45.8 Å². The molecule has 0 aliphatic carbocycles. The van der Waals surface area contributed by atoms with Gasteiger partial charge in [-0.25, -0.2) is 8.42 Å². The van der Waals surface area contributed by atoms with E-state index in [-0.39, 0.29) is 28.0 Å². The van der Waals surface area contributed by atoms with Gasteiger partial charge in [0, 0.05) is 23.2 Å². The zero-order chi connectivity index (χ0) is 25.3. The zero-order valence-corrected chi connectivity index (χ0v) is 21.9. The van der Waals surface area contributed by atoms with Gasteiger partial charge in [-0.2, -0.15) is 4.98 Å². The third-order valence-corrected chi connectivity index (χ3v) is 8.63. The van der Waals surface area contributed by atoms with Gasteiger partial charge in [-0.1, -0.05) is 28.1 Å². The van der Waals surface area contributed by atoms with E-state index in [1.54, 1.807) is 32.0 Å². The number of primary amides is 1. The highest BCUT2D eigenvalue weighted by molar-refractivity contribution is 9.10. The number of fused-ring (bicyclic) bond motifs is 1. The third kappa shape index (κ3) is 5.29. The number of nitrogens with zero attached hydrogens (tertiary/aromatic N) is 4. The van der Waals surface area contributed by atoms with Gasteiger partial charge >= 0.3 is 0 Å². The Balaban J connectivity index is 1.70. The number of sulfone groups is 1. The van der Waals surface area contributed by atoms with Crippen molar-refractivity contribution < 1.29 is 13.2 Å². The van der Waals surface area contributed by atoms with Crippen molar-refractivity contribution in [1.82, 2.24) is 20.1 Å². The second-order valence-corrected chi connectivity index (χ2v) is 11.9. The van der Waals surface area contributed by atoms with Crippen LogP contribution < -0.4 is 16.4 Å². The second-order valence-electron chi connectivity index (χ2n) is 8.62. The molecule has 10 nitrogen and oxygen atoms in total. The first-order valence-electron chi connectivity index (χ1n) is 11.0. The number of hydrogen-bond acceptors (Lipinski definition) is 9. The zero-order valence-electron chi connectivity index (χ0n) is 19.5. The van der Waals surface area contributed by atoms with E-state index >= 15 is 0 Å². The molecule has 1 aromatic heterocycles. The molecule has 1 aliphatic rings. The van der Waals surface area contributed by atoms with Gasteiger partial charge in [-0.3, -0.25) is 4.79 Å². The Morgan fingerprint density at radius 3 is 2.63 bits per heavy atom. The Labute approximate surface area is 212 Å². The van der Waals surface area contributed by atoms with Crippen molar-refractivity contribution in [1.29, 1.82) is 0 Å². The van der Waals surface area contributed by atoms with E-state index < -0.39 is 21.0 Å². The lowest BCUT2D eigenvalue weighted by Gasteiger charge is -2.26. The summed E-state index contributed by atoms with van der Waals surface area (Å²) in [5, 5.41) is 13.3. The van der Waals surface area contributed by atoms with Crippen molar-refractivity contribution in [3.63, 3.8) is 0 Å². The Morgan fingerprint density at radius 2 is 1.91 bits per heavy atom. The van der Waals surface area contributed by atoms with Crippen LogP contribution in [0.2, 0.25) is 0 Å². The van der Waals surface area contributed by atoms with E-state index in [0.29, 0.717) is 0 Å². The Morgan fingerprint density at radius 1 is 1.17 bits per heavy atom. The van der Waals surface area contributed by atoms with Crippen LogP contribution in [0.5, 0.6) is 0 Å². The molecular weight excluding hydrogens is 534 g/mol. The van der Waals surface area contributed by atoms with Gasteiger partial charge in [0.15, 0.2) is 21.3 Å². The average Bonchev–Trinajstić information content (AvgIpc) is 2.79. The molecule has 0 bridgehead atoms. The number of nitrogens with one attached hydrogen (secondary N) is 2. The Kier molecular flexibility index (Phi) is 7.06. The van der Waals surface area contributed by atoms with Gasteiger partial charge in [-0.05, 0) is 62.7 Å². The fourth-order valence-corrected chi connectivity index (χ4v) is 5.72. The first-order valence-corrected chi connectivity index (χ1v) is 13.3. The van der Waals surface area contributed by atoms with E-state index in [1.807, 2.05) is 12.1 Å². The number of likely N-dealkylation sites (N-methyl/N-ethyl adjacent to an activating group) is 1. The minimum Gasteiger partial charge on any atom is -0.364 e. The van der Waals surface area contributed by atoms with Gasteiger partial charge in [0.25, 0.3) is 5.91 Å². The lowest BCUT2D eigenvalue weighted by Crippen LogP contribution is -2.26. The number of rotatable bonds is 7. The summed E-state index contributed by atoms with van der Waals surface area (Å²) in [6.07, 6.45) is 0.949. The Bertz CT molecular complexity index is 1400. The summed E-state index contributed by atoms with van der Waals surface area (Å²) in [6, 6.07) is 10.4. The van der Waals surface area contributed by atoms with Gasteiger partial charge in [0.2, 0.25) is 5.95 Å². The molecular formula is C23H26BrN7O3S. The number of halogens is 1. The Hall–Kier alpha value is -3.09. The van der Waals surface area contributed by atoms with E-state index in [2.05, 4.69) is 53.7 Å². The molecule has 3 aromatic rings. The maximum atomic E-state index is 12.8. The van der Waals surface area contributed by atoms with E-state index in [1.165, 1.54) is 17.2 Å². The van der Waals surface area contributed by atoms with Gasteiger partial charge in [-0.15, -0.1) is 10.2 Å². The van der Waals surface area contributed by atoms with Crippen molar-refractivity contribution >= 4 is 54.8 Å². The van der Waals surface area contributed by atoms with Crippen LogP contribution in [0.4, 0.5) is 23.1 Å². The summed E-state index contributed by atoms with van der Waals surface area (Å²) >= 11 is 3.65. The molecule has 1 aliphatic heterocycles. The number of aromatic nitrogens is 3. The first kappa shape index (κ1) is 25.0. The number of benzene rings is 2. The van der Waals surface area contributed by atoms with Gasteiger partial charge in [0.1, 0.15) is 0 Å². The summed E-state index contributed by atoms with van der Waals surface area (Å²) in [5.74, 6) is -0.723. The number of amides is 1. The molecule has 0 unspecified atom stereocenters. The standard InChI is InChI=1S/C23H26BrN7O3S/c1-13(2)35(33,34)19-7-5-4-6-18(19)27-22-20(21(25)32)29-30-23(28-22)26-15-10-14-12-31(3)9-8-16(14)17(24)11-15/h4-7,10-11,13H,8-9,12H2,1-3H3,(H2,25,32)(H2,26,27,28,30). The van der Waals surface area contributed by atoms with Crippen LogP contribution in [0.1, 0.15) is 35.5 Å². The highest BCUT2D eigenvalue weighted by atomic mass is 79.9. The predicted octanol–water partition coefficient (Wildman–Crippen LogP) is 3.39.